The molecule has 0 aromatic carbocycles. The van der Waals surface area contributed by atoms with E-state index in [2.05, 4.69) is 24.8 Å². The molecule has 0 unspecified atom stereocenters. The molecule has 0 saturated carbocycles. The van der Waals surface area contributed by atoms with Crippen molar-refractivity contribution in [1.82, 2.24) is 15.0 Å². The van der Waals surface area contributed by atoms with Crippen LogP contribution in [0.2, 0.25) is 0 Å². The summed E-state index contributed by atoms with van der Waals surface area (Å²) in [4.78, 5) is 19.7. The molecule has 1 fully saturated rings. The molecular formula is C15H21N7. The molecule has 0 atom stereocenters. The van der Waals surface area contributed by atoms with E-state index in [0.717, 1.165) is 37.8 Å². The molecule has 0 radical (unpaired) electrons. The Labute approximate surface area is 130 Å². The highest BCUT2D eigenvalue weighted by Crippen LogP contribution is 2.20. The number of anilines is 4. The van der Waals surface area contributed by atoms with E-state index in [1.807, 2.05) is 43.4 Å². The highest BCUT2D eigenvalue weighted by molar-refractivity contribution is 5.52. The van der Waals surface area contributed by atoms with Gasteiger partial charge in [0.25, 0.3) is 0 Å². The zero-order valence-electron chi connectivity index (χ0n) is 13.0. The van der Waals surface area contributed by atoms with Gasteiger partial charge in [-0.15, -0.1) is 0 Å². The molecule has 22 heavy (non-hydrogen) atoms. The van der Waals surface area contributed by atoms with Crippen molar-refractivity contribution in [2.45, 2.75) is 0 Å². The van der Waals surface area contributed by atoms with Crippen LogP contribution in [0.15, 0.2) is 30.5 Å². The molecule has 2 aromatic heterocycles. The fourth-order valence-corrected chi connectivity index (χ4v) is 2.49. The molecule has 116 valence electrons. The van der Waals surface area contributed by atoms with Crippen molar-refractivity contribution in [3.63, 3.8) is 0 Å². The molecule has 2 N–H and O–H groups in total. The fraction of sp³-hybridized carbons (Fsp3) is 0.400. The number of nitrogen functional groups attached to an aromatic ring is 1. The van der Waals surface area contributed by atoms with Crippen molar-refractivity contribution < 1.29 is 0 Å². The van der Waals surface area contributed by atoms with E-state index in [0.29, 0.717) is 11.8 Å². The van der Waals surface area contributed by atoms with Crippen LogP contribution in [0.3, 0.4) is 0 Å². The first kappa shape index (κ1) is 14.4. The summed E-state index contributed by atoms with van der Waals surface area (Å²) in [6.45, 7) is 3.50. The lowest BCUT2D eigenvalue weighted by Gasteiger charge is -2.35. The standard InChI is InChI=1S/C15H21N7/c1-20(2)14-11-12(16)18-15(19-14)22-9-7-21(8-10-22)13-5-3-4-6-17-13/h3-6,11H,7-10H2,1-2H3,(H2,16,18,19). The summed E-state index contributed by atoms with van der Waals surface area (Å²) in [6, 6.07) is 7.77. The maximum atomic E-state index is 5.90. The Morgan fingerprint density at radius 2 is 1.77 bits per heavy atom. The van der Waals surface area contributed by atoms with E-state index in [9.17, 15) is 0 Å². The van der Waals surface area contributed by atoms with Crippen LogP contribution in [-0.4, -0.2) is 55.2 Å². The molecule has 7 nitrogen and oxygen atoms in total. The van der Waals surface area contributed by atoms with Gasteiger partial charge < -0.3 is 20.4 Å². The van der Waals surface area contributed by atoms with Crippen molar-refractivity contribution in [3.8, 4) is 0 Å². The van der Waals surface area contributed by atoms with Gasteiger partial charge in [-0.3, -0.25) is 0 Å². The molecule has 1 aliphatic rings. The number of hydrogen-bond acceptors (Lipinski definition) is 7. The van der Waals surface area contributed by atoms with E-state index in [1.54, 1.807) is 6.07 Å². The van der Waals surface area contributed by atoms with E-state index >= 15 is 0 Å². The molecule has 7 heteroatoms. The van der Waals surface area contributed by atoms with E-state index in [1.165, 1.54) is 0 Å². The van der Waals surface area contributed by atoms with Crippen molar-refractivity contribution in [2.24, 2.45) is 0 Å². The van der Waals surface area contributed by atoms with Gasteiger partial charge in [-0.05, 0) is 12.1 Å². The van der Waals surface area contributed by atoms with Crippen LogP contribution in [0.4, 0.5) is 23.4 Å². The average molecular weight is 299 g/mol. The largest absolute Gasteiger partial charge is 0.383 e. The van der Waals surface area contributed by atoms with Crippen LogP contribution >= 0.6 is 0 Å². The predicted molar refractivity (Wildman–Crippen MR) is 89.4 cm³/mol. The summed E-state index contributed by atoms with van der Waals surface area (Å²) in [5.74, 6) is 3.05. The second-order valence-corrected chi connectivity index (χ2v) is 5.51. The Balaban J connectivity index is 1.71. The minimum Gasteiger partial charge on any atom is -0.383 e. The summed E-state index contributed by atoms with van der Waals surface area (Å²) in [5, 5.41) is 0. The van der Waals surface area contributed by atoms with Gasteiger partial charge in [0.05, 0.1) is 0 Å². The maximum Gasteiger partial charge on any atom is 0.229 e. The highest BCUT2D eigenvalue weighted by Gasteiger charge is 2.20. The van der Waals surface area contributed by atoms with Crippen LogP contribution in [-0.2, 0) is 0 Å². The van der Waals surface area contributed by atoms with Crippen LogP contribution < -0.4 is 20.4 Å². The first-order chi connectivity index (χ1) is 10.6. The molecular weight excluding hydrogens is 278 g/mol. The molecule has 0 aliphatic carbocycles. The monoisotopic (exact) mass is 299 g/mol. The SMILES string of the molecule is CN(C)c1cc(N)nc(N2CCN(c3ccccn3)CC2)n1. The number of nitrogens with zero attached hydrogens (tertiary/aromatic N) is 6. The zero-order chi connectivity index (χ0) is 15.5. The lowest BCUT2D eigenvalue weighted by molar-refractivity contribution is 0.635. The predicted octanol–water partition coefficient (Wildman–Crippen LogP) is 0.846. The number of pyridine rings is 1. The first-order valence-corrected chi connectivity index (χ1v) is 7.36. The Bertz CT molecular complexity index is 621. The van der Waals surface area contributed by atoms with Gasteiger partial charge in [-0.1, -0.05) is 6.07 Å². The van der Waals surface area contributed by atoms with E-state index < -0.39 is 0 Å². The Morgan fingerprint density at radius 1 is 1.05 bits per heavy atom. The number of rotatable bonds is 3. The summed E-state index contributed by atoms with van der Waals surface area (Å²) in [5.41, 5.74) is 5.90. The second-order valence-electron chi connectivity index (χ2n) is 5.51. The minimum absolute atomic E-state index is 0.501. The lowest BCUT2D eigenvalue weighted by atomic mass is 10.3. The summed E-state index contributed by atoms with van der Waals surface area (Å²) in [7, 11) is 3.90. The third-order valence-corrected chi connectivity index (χ3v) is 3.71. The topological polar surface area (TPSA) is 74.4 Å². The second kappa shape index (κ2) is 6.05. The van der Waals surface area contributed by atoms with Gasteiger partial charge in [0, 0.05) is 52.5 Å². The molecule has 1 saturated heterocycles. The quantitative estimate of drug-likeness (QED) is 0.900. The van der Waals surface area contributed by atoms with E-state index in [4.69, 9.17) is 5.73 Å². The van der Waals surface area contributed by atoms with E-state index in [-0.39, 0.29) is 0 Å². The molecule has 0 spiro atoms. The van der Waals surface area contributed by atoms with Crippen LogP contribution in [0.5, 0.6) is 0 Å². The number of hydrogen-bond donors (Lipinski definition) is 1. The zero-order valence-corrected chi connectivity index (χ0v) is 13.0. The Hall–Kier alpha value is -2.57. The minimum atomic E-state index is 0.501. The summed E-state index contributed by atoms with van der Waals surface area (Å²) in [6.07, 6.45) is 1.83. The molecule has 1 aliphatic heterocycles. The molecule has 0 bridgehead atoms. The molecule has 3 rings (SSSR count). The van der Waals surface area contributed by atoms with Crippen molar-refractivity contribution >= 4 is 23.4 Å². The van der Waals surface area contributed by atoms with Crippen molar-refractivity contribution in [2.75, 3.05) is 60.7 Å². The number of piperazine rings is 1. The van der Waals surface area contributed by atoms with Crippen molar-refractivity contribution in [3.05, 3.63) is 30.5 Å². The van der Waals surface area contributed by atoms with Gasteiger partial charge >= 0.3 is 0 Å². The lowest BCUT2D eigenvalue weighted by Crippen LogP contribution is -2.47. The fourth-order valence-electron chi connectivity index (χ4n) is 2.49. The Morgan fingerprint density at radius 3 is 2.41 bits per heavy atom. The molecule has 3 heterocycles. The normalized spacial score (nSPS) is 15.0. The van der Waals surface area contributed by atoms with Gasteiger partial charge in [-0.25, -0.2) is 4.98 Å². The van der Waals surface area contributed by atoms with Crippen molar-refractivity contribution in [1.29, 1.82) is 0 Å². The van der Waals surface area contributed by atoms with Crippen LogP contribution in [0.1, 0.15) is 0 Å². The molecule has 0 amide bonds. The first-order valence-electron chi connectivity index (χ1n) is 7.36. The number of aromatic nitrogens is 3. The average Bonchev–Trinajstić information content (AvgIpc) is 2.55. The third kappa shape index (κ3) is 3.03. The van der Waals surface area contributed by atoms with Gasteiger partial charge in [-0.2, -0.15) is 9.97 Å². The summed E-state index contributed by atoms with van der Waals surface area (Å²) < 4.78 is 0. The van der Waals surface area contributed by atoms with Gasteiger partial charge in [0.2, 0.25) is 5.95 Å². The third-order valence-electron chi connectivity index (χ3n) is 3.71. The van der Waals surface area contributed by atoms with Gasteiger partial charge in [0.1, 0.15) is 17.5 Å². The molecule has 2 aromatic rings. The Kier molecular flexibility index (Phi) is 3.95. The van der Waals surface area contributed by atoms with Gasteiger partial charge in [0.15, 0.2) is 0 Å². The van der Waals surface area contributed by atoms with Crippen LogP contribution in [0, 0.1) is 0 Å². The summed E-state index contributed by atoms with van der Waals surface area (Å²) >= 11 is 0. The highest BCUT2D eigenvalue weighted by atomic mass is 15.3. The van der Waals surface area contributed by atoms with Crippen LogP contribution in [0.25, 0.3) is 0 Å². The smallest absolute Gasteiger partial charge is 0.229 e. The number of nitrogens with two attached hydrogens (primary N) is 1. The maximum absolute atomic E-state index is 5.90.